The van der Waals surface area contributed by atoms with Crippen molar-refractivity contribution in [3.8, 4) is 11.5 Å². The molecule has 0 unspecified atom stereocenters. The van der Waals surface area contributed by atoms with Crippen molar-refractivity contribution in [1.29, 1.82) is 0 Å². The van der Waals surface area contributed by atoms with Crippen LogP contribution in [0.1, 0.15) is 46.5 Å². The van der Waals surface area contributed by atoms with E-state index in [2.05, 4.69) is 5.32 Å². The molecule has 156 valence electrons. The third-order valence-corrected chi connectivity index (χ3v) is 7.42. The summed E-state index contributed by atoms with van der Waals surface area (Å²) < 4.78 is 38.7. The molecule has 2 heterocycles. The highest BCUT2D eigenvalue weighted by Crippen LogP contribution is 2.33. The summed E-state index contributed by atoms with van der Waals surface area (Å²) >= 11 is 0. The zero-order valence-electron chi connectivity index (χ0n) is 16.9. The Bertz CT molecular complexity index is 814. The van der Waals surface area contributed by atoms with Gasteiger partial charge in [-0.15, -0.1) is 0 Å². The van der Waals surface area contributed by atoms with Crippen LogP contribution < -0.4 is 14.8 Å². The number of sulfonamides is 1. The molecule has 1 fully saturated rings. The molecular weight excluding hydrogens is 380 g/mol. The number of ether oxygens (including phenoxy) is 2. The number of benzene rings is 1. The van der Waals surface area contributed by atoms with E-state index in [0.717, 1.165) is 12.8 Å². The van der Waals surface area contributed by atoms with Gasteiger partial charge in [-0.3, -0.25) is 4.79 Å². The van der Waals surface area contributed by atoms with Crippen LogP contribution >= 0.6 is 0 Å². The van der Waals surface area contributed by atoms with E-state index in [1.54, 1.807) is 18.2 Å². The highest BCUT2D eigenvalue weighted by atomic mass is 32.2. The first-order valence-corrected chi connectivity index (χ1v) is 11.4. The standard InChI is InChI=1S/C20H30N2O5S/c1-4-20(2,3)21-19(23)15-8-10-22(11-9-15)28(24,25)16-6-7-17-18(14-16)27-13-5-12-26-17/h6-7,14-15H,4-5,8-13H2,1-3H3,(H,21,23). The number of hydrogen-bond donors (Lipinski definition) is 1. The molecule has 1 saturated heterocycles. The first-order chi connectivity index (χ1) is 13.2. The number of carbonyl (C=O) groups excluding carboxylic acids is 1. The SMILES string of the molecule is CCC(C)(C)NC(=O)C1CCN(S(=O)(=O)c2ccc3c(c2)OCCCO3)CC1. The van der Waals surface area contributed by atoms with Crippen LogP contribution in [0.2, 0.25) is 0 Å². The van der Waals surface area contributed by atoms with Gasteiger partial charge >= 0.3 is 0 Å². The third kappa shape index (κ3) is 4.60. The van der Waals surface area contributed by atoms with Crippen LogP contribution in [-0.2, 0) is 14.8 Å². The van der Waals surface area contributed by atoms with Gasteiger partial charge in [-0.2, -0.15) is 4.31 Å². The molecule has 0 saturated carbocycles. The maximum Gasteiger partial charge on any atom is 0.243 e. The molecular formula is C20H30N2O5S. The van der Waals surface area contributed by atoms with E-state index in [-0.39, 0.29) is 22.3 Å². The molecule has 0 aromatic heterocycles. The minimum atomic E-state index is -3.63. The Balaban J connectivity index is 1.66. The summed E-state index contributed by atoms with van der Waals surface area (Å²) in [6, 6.07) is 4.75. The van der Waals surface area contributed by atoms with E-state index in [9.17, 15) is 13.2 Å². The van der Waals surface area contributed by atoms with Crippen molar-refractivity contribution in [2.75, 3.05) is 26.3 Å². The zero-order valence-corrected chi connectivity index (χ0v) is 17.7. The van der Waals surface area contributed by atoms with Crippen LogP contribution in [0.4, 0.5) is 0 Å². The zero-order chi connectivity index (χ0) is 20.4. The number of nitrogens with one attached hydrogen (secondary N) is 1. The molecule has 2 aliphatic heterocycles. The lowest BCUT2D eigenvalue weighted by atomic mass is 9.94. The second kappa shape index (κ2) is 8.29. The number of carbonyl (C=O) groups is 1. The van der Waals surface area contributed by atoms with Gasteiger partial charge in [0.05, 0.1) is 18.1 Å². The maximum atomic E-state index is 13.0. The molecule has 0 radical (unpaired) electrons. The summed E-state index contributed by atoms with van der Waals surface area (Å²) in [5.74, 6) is 0.903. The third-order valence-electron chi connectivity index (χ3n) is 5.53. The minimum absolute atomic E-state index is 0.0134. The van der Waals surface area contributed by atoms with Crippen LogP contribution in [0.5, 0.6) is 11.5 Å². The van der Waals surface area contributed by atoms with Crippen molar-refractivity contribution in [3.63, 3.8) is 0 Å². The summed E-state index contributed by atoms with van der Waals surface area (Å²) in [6.45, 7) is 7.76. The topological polar surface area (TPSA) is 84.9 Å². The number of rotatable bonds is 5. The molecule has 0 aliphatic carbocycles. The molecule has 3 rings (SSSR count). The number of amides is 1. The second-order valence-corrected chi connectivity index (χ2v) is 10.0. The van der Waals surface area contributed by atoms with Gasteiger partial charge in [0.25, 0.3) is 0 Å². The predicted molar refractivity (Wildman–Crippen MR) is 106 cm³/mol. The summed E-state index contributed by atoms with van der Waals surface area (Å²) in [7, 11) is -3.63. The molecule has 8 heteroatoms. The maximum absolute atomic E-state index is 13.0. The fourth-order valence-electron chi connectivity index (χ4n) is 3.34. The summed E-state index contributed by atoms with van der Waals surface area (Å²) in [5, 5.41) is 3.06. The van der Waals surface area contributed by atoms with E-state index in [4.69, 9.17) is 9.47 Å². The molecule has 0 bridgehead atoms. The van der Waals surface area contributed by atoms with Gasteiger partial charge < -0.3 is 14.8 Å². The van der Waals surface area contributed by atoms with Crippen molar-refractivity contribution in [3.05, 3.63) is 18.2 Å². The average molecular weight is 411 g/mol. The van der Waals surface area contributed by atoms with Gasteiger partial charge in [-0.1, -0.05) is 6.92 Å². The van der Waals surface area contributed by atoms with Crippen molar-refractivity contribution in [1.82, 2.24) is 9.62 Å². The average Bonchev–Trinajstić information content (AvgIpc) is 2.92. The molecule has 28 heavy (non-hydrogen) atoms. The Morgan fingerprint density at radius 2 is 1.82 bits per heavy atom. The number of fused-ring (bicyclic) bond motifs is 1. The van der Waals surface area contributed by atoms with Crippen LogP contribution in [0.3, 0.4) is 0 Å². The normalized spacial score (nSPS) is 19.1. The van der Waals surface area contributed by atoms with Gasteiger partial charge in [0.1, 0.15) is 0 Å². The van der Waals surface area contributed by atoms with E-state index >= 15 is 0 Å². The summed E-state index contributed by atoms with van der Waals surface area (Å²) in [5.41, 5.74) is -0.246. The van der Waals surface area contributed by atoms with E-state index in [1.807, 2.05) is 20.8 Å². The summed E-state index contributed by atoms with van der Waals surface area (Å²) in [6.07, 6.45) is 2.65. The lowest BCUT2D eigenvalue weighted by Gasteiger charge is -2.33. The quantitative estimate of drug-likeness (QED) is 0.806. The molecule has 1 aromatic carbocycles. The second-order valence-electron chi connectivity index (χ2n) is 8.06. The molecule has 1 aromatic rings. The van der Waals surface area contributed by atoms with Crippen LogP contribution in [-0.4, -0.2) is 50.5 Å². The molecule has 0 spiro atoms. The van der Waals surface area contributed by atoms with Crippen molar-refractivity contribution in [2.45, 2.75) is 56.9 Å². The van der Waals surface area contributed by atoms with E-state index in [1.165, 1.54) is 4.31 Å². The molecule has 7 nitrogen and oxygen atoms in total. The van der Waals surface area contributed by atoms with Gasteiger partial charge in [0.15, 0.2) is 11.5 Å². The predicted octanol–water partition coefficient (Wildman–Crippen LogP) is 2.55. The van der Waals surface area contributed by atoms with Gasteiger partial charge in [0.2, 0.25) is 15.9 Å². The number of hydrogen-bond acceptors (Lipinski definition) is 5. The van der Waals surface area contributed by atoms with Crippen molar-refractivity contribution in [2.24, 2.45) is 5.92 Å². The minimum Gasteiger partial charge on any atom is -0.490 e. The molecule has 1 amide bonds. The van der Waals surface area contributed by atoms with Gasteiger partial charge in [-0.05, 0) is 45.2 Å². The Morgan fingerprint density at radius 3 is 2.46 bits per heavy atom. The van der Waals surface area contributed by atoms with Crippen LogP contribution in [0.25, 0.3) is 0 Å². The summed E-state index contributed by atoms with van der Waals surface area (Å²) in [4.78, 5) is 12.7. The fraction of sp³-hybridized carbons (Fsp3) is 0.650. The molecule has 2 aliphatic rings. The van der Waals surface area contributed by atoms with Gasteiger partial charge in [0, 0.05) is 37.0 Å². The molecule has 0 atom stereocenters. The van der Waals surface area contributed by atoms with Crippen molar-refractivity contribution < 1.29 is 22.7 Å². The number of piperidine rings is 1. The van der Waals surface area contributed by atoms with Crippen LogP contribution in [0, 0.1) is 5.92 Å². The Labute approximate surface area is 167 Å². The Morgan fingerprint density at radius 1 is 1.18 bits per heavy atom. The Hall–Kier alpha value is -1.80. The van der Waals surface area contributed by atoms with E-state index < -0.39 is 10.0 Å². The van der Waals surface area contributed by atoms with Crippen LogP contribution in [0.15, 0.2) is 23.1 Å². The van der Waals surface area contributed by atoms with Crippen molar-refractivity contribution >= 4 is 15.9 Å². The van der Waals surface area contributed by atoms with Gasteiger partial charge in [-0.25, -0.2) is 8.42 Å². The Kier molecular flexibility index (Phi) is 6.19. The fourth-order valence-corrected chi connectivity index (χ4v) is 4.82. The monoisotopic (exact) mass is 410 g/mol. The first-order valence-electron chi connectivity index (χ1n) is 9.95. The highest BCUT2D eigenvalue weighted by molar-refractivity contribution is 7.89. The van der Waals surface area contributed by atoms with E-state index in [0.29, 0.717) is 50.6 Å². The highest BCUT2D eigenvalue weighted by Gasteiger charge is 2.34. The lowest BCUT2D eigenvalue weighted by Crippen LogP contribution is -2.48. The lowest BCUT2D eigenvalue weighted by molar-refractivity contribution is -0.127. The first kappa shape index (κ1) is 20.9. The largest absolute Gasteiger partial charge is 0.490 e. The smallest absolute Gasteiger partial charge is 0.243 e. The molecule has 1 N–H and O–H groups in total. The number of nitrogens with zero attached hydrogens (tertiary/aromatic N) is 1.